The SMILES string of the molecule is CO[C@H]1O[C@H](COCc2ccccc2)C(F)(F)[C@H](OS(=O)(=O)C(F)(F)F)[C@@H]1O. The van der Waals surface area contributed by atoms with Crippen LogP contribution in [-0.4, -0.2) is 63.3 Å². The predicted octanol–water partition coefficient (Wildman–Crippen LogP) is 1.81. The van der Waals surface area contributed by atoms with E-state index in [4.69, 9.17) is 9.47 Å². The van der Waals surface area contributed by atoms with Crippen molar-refractivity contribution in [2.75, 3.05) is 13.7 Å². The summed E-state index contributed by atoms with van der Waals surface area (Å²) in [5, 5.41) is 9.79. The first-order valence-electron chi connectivity index (χ1n) is 7.75. The second kappa shape index (κ2) is 8.55. The number of hydrogen-bond donors (Lipinski definition) is 1. The van der Waals surface area contributed by atoms with E-state index >= 15 is 0 Å². The number of halogens is 5. The fourth-order valence-electron chi connectivity index (χ4n) is 2.40. The van der Waals surface area contributed by atoms with Gasteiger partial charge in [-0.05, 0) is 5.56 Å². The lowest BCUT2D eigenvalue weighted by Crippen LogP contribution is -2.64. The largest absolute Gasteiger partial charge is 0.523 e. The van der Waals surface area contributed by atoms with Crippen LogP contribution in [0.15, 0.2) is 30.3 Å². The quantitative estimate of drug-likeness (QED) is 0.396. The highest BCUT2D eigenvalue weighted by Crippen LogP contribution is 2.40. The lowest BCUT2D eigenvalue weighted by molar-refractivity contribution is -0.337. The third kappa shape index (κ3) is 4.96. The second-order valence-electron chi connectivity index (χ2n) is 5.81. The maximum Gasteiger partial charge on any atom is 0.523 e. The standard InChI is InChI=1S/C15H17F5O7S/c1-24-13-11(21)12(27-28(22,23)15(18,19)20)14(16,17)10(26-13)8-25-7-9-5-3-2-4-6-9/h2-6,10-13,21H,7-8H2,1H3/t10-,11+,12-,13+/m1/s1. The van der Waals surface area contributed by atoms with Gasteiger partial charge in [-0.15, -0.1) is 0 Å². The number of rotatable bonds is 7. The number of aliphatic hydroxyl groups excluding tert-OH is 1. The summed E-state index contributed by atoms with van der Waals surface area (Å²) >= 11 is 0. The van der Waals surface area contributed by atoms with E-state index in [0.29, 0.717) is 5.56 Å². The lowest BCUT2D eigenvalue weighted by atomic mass is 9.98. The van der Waals surface area contributed by atoms with Gasteiger partial charge < -0.3 is 19.3 Å². The van der Waals surface area contributed by atoms with Gasteiger partial charge in [0.1, 0.15) is 6.10 Å². The summed E-state index contributed by atoms with van der Waals surface area (Å²) in [4.78, 5) is 0. The Kier molecular flexibility index (Phi) is 6.99. The molecule has 1 saturated heterocycles. The number of ether oxygens (including phenoxy) is 3. The van der Waals surface area contributed by atoms with Gasteiger partial charge in [0.05, 0.1) is 13.2 Å². The van der Waals surface area contributed by atoms with E-state index in [9.17, 15) is 35.5 Å². The van der Waals surface area contributed by atoms with Gasteiger partial charge >= 0.3 is 21.5 Å². The molecule has 4 atom stereocenters. The third-order valence-electron chi connectivity index (χ3n) is 3.82. The van der Waals surface area contributed by atoms with Crippen molar-refractivity contribution >= 4 is 10.1 Å². The predicted molar refractivity (Wildman–Crippen MR) is 82.6 cm³/mol. The zero-order valence-corrected chi connectivity index (χ0v) is 15.1. The summed E-state index contributed by atoms with van der Waals surface area (Å²) in [7, 11) is -5.49. The van der Waals surface area contributed by atoms with Gasteiger partial charge in [0, 0.05) is 7.11 Å². The minimum Gasteiger partial charge on any atom is -0.385 e. The molecule has 1 aromatic rings. The minimum absolute atomic E-state index is 0.122. The Bertz CT molecular complexity index is 741. The van der Waals surface area contributed by atoms with Crippen LogP contribution in [0.2, 0.25) is 0 Å². The summed E-state index contributed by atoms with van der Waals surface area (Å²) < 4.78 is 107. The molecule has 1 fully saturated rings. The molecule has 0 unspecified atom stereocenters. The van der Waals surface area contributed by atoms with Crippen molar-refractivity contribution in [2.45, 2.75) is 42.6 Å². The first kappa shape index (κ1) is 22.9. The van der Waals surface area contributed by atoms with Gasteiger partial charge in [-0.3, -0.25) is 4.18 Å². The molecular weight excluding hydrogens is 419 g/mol. The molecule has 0 saturated carbocycles. The van der Waals surface area contributed by atoms with Crippen molar-refractivity contribution in [3.05, 3.63) is 35.9 Å². The van der Waals surface area contributed by atoms with Crippen LogP contribution >= 0.6 is 0 Å². The van der Waals surface area contributed by atoms with Crippen LogP contribution in [0.3, 0.4) is 0 Å². The first-order valence-corrected chi connectivity index (χ1v) is 9.16. The van der Waals surface area contributed by atoms with Crippen molar-refractivity contribution in [3.8, 4) is 0 Å². The third-order valence-corrected chi connectivity index (χ3v) is 4.85. The van der Waals surface area contributed by atoms with E-state index < -0.39 is 52.8 Å². The van der Waals surface area contributed by atoms with Crippen LogP contribution in [0.1, 0.15) is 5.56 Å². The van der Waals surface area contributed by atoms with Gasteiger partial charge in [0.15, 0.2) is 18.5 Å². The second-order valence-corrected chi connectivity index (χ2v) is 7.37. The van der Waals surface area contributed by atoms with Crippen LogP contribution in [0.5, 0.6) is 0 Å². The number of hydrogen-bond acceptors (Lipinski definition) is 7. The molecule has 0 aliphatic carbocycles. The molecule has 0 amide bonds. The minimum atomic E-state index is -6.41. The van der Waals surface area contributed by atoms with Crippen LogP contribution in [0.25, 0.3) is 0 Å². The summed E-state index contributed by atoms with van der Waals surface area (Å²) in [5.41, 5.74) is -5.33. The van der Waals surface area contributed by atoms with E-state index in [1.165, 1.54) is 0 Å². The van der Waals surface area contributed by atoms with Crippen LogP contribution in [0, 0.1) is 0 Å². The van der Waals surface area contributed by atoms with E-state index in [-0.39, 0.29) is 6.61 Å². The van der Waals surface area contributed by atoms with Gasteiger partial charge in [-0.1, -0.05) is 30.3 Å². The molecule has 0 bridgehead atoms. The summed E-state index contributed by atoms with van der Waals surface area (Å²) in [5.74, 6) is -4.34. The van der Waals surface area contributed by atoms with Crippen molar-refractivity contribution in [1.82, 2.24) is 0 Å². The molecule has 0 aromatic heterocycles. The van der Waals surface area contributed by atoms with Gasteiger partial charge in [-0.2, -0.15) is 21.6 Å². The van der Waals surface area contributed by atoms with E-state index in [1.54, 1.807) is 30.3 Å². The van der Waals surface area contributed by atoms with E-state index in [0.717, 1.165) is 7.11 Å². The molecule has 1 heterocycles. The summed E-state index contributed by atoms with van der Waals surface area (Å²) in [6, 6.07) is 8.35. The normalized spacial score (nSPS) is 28.2. The van der Waals surface area contributed by atoms with E-state index in [2.05, 4.69) is 8.92 Å². The first-order chi connectivity index (χ1) is 12.9. The van der Waals surface area contributed by atoms with Crippen LogP contribution in [0.4, 0.5) is 22.0 Å². The molecular formula is C15H17F5O7S. The Morgan fingerprint density at radius 2 is 1.82 bits per heavy atom. The molecule has 160 valence electrons. The van der Waals surface area contributed by atoms with Crippen molar-refractivity contribution < 1.29 is 53.9 Å². The Morgan fingerprint density at radius 1 is 1.21 bits per heavy atom. The highest BCUT2D eigenvalue weighted by atomic mass is 32.2. The zero-order chi connectivity index (χ0) is 21.2. The van der Waals surface area contributed by atoms with Crippen molar-refractivity contribution in [3.63, 3.8) is 0 Å². The highest BCUT2D eigenvalue weighted by molar-refractivity contribution is 7.87. The Balaban J connectivity index is 2.17. The maximum atomic E-state index is 14.6. The number of aliphatic hydroxyl groups is 1. The summed E-state index contributed by atoms with van der Waals surface area (Å²) in [6.07, 6.45) is -9.71. The molecule has 7 nitrogen and oxygen atoms in total. The Labute approximate surface area is 157 Å². The maximum absolute atomic E-state index is 14.6. The van der Waals surface area contributed by atoms with Crippen molar-refractivity contribution in [1.29, 1.82) is 0 Å². The number of benzene rings is 1. The Hall–Kier alpha value is -1.38. The molecule has 0 spiro atoms. The van der Waals surface area contributed by atoms with Crippen molar-refractivity contribution in [2.24, 2.45) is 0 Å². The van der Waals surface area contributed by atoms with E-state index in [1.807, 2.05) is 0 Å². The van der Waals surface area contributed by atoms with Gasteiger partial charge in [0.2, 0.25) is 0 Å². The monoisotopic (exact) mass is 436 g/mol. The molecule has 0 radical (unpaired) electrons. The molecule has 1 aliphatic heterocycles. The molecule has 1 N–H and O–H groups in total. The van der Waals surface area contributed by atoms with Gasteiger partial charge in [0.25, 0.3) is 0 Å². The smallest absolute Gasteiger partial charge is 0.385 e. The molecule has 1 aromatic carbocycles. The average Bonchev–Trinajstić information content (AvgIpc) is 2.60. The highest BCUT2D eigenvalue weighted by Gasteiger charge is 2.63. The molecule has 28 heavy (non-hydrogen) atoms. The fourth-order valence-corrected chi connectivity index (χ4v) is 3.03. The van der Waals surface area contributed by atoms with Crippen LogP contribution in [-0.2, 0) is 35.1 Å². The van der Waals surface area contributed by atoms with Gasteiger partial charge in [-0.25, -0.2) is 8.78 Å². The zero-order valence-electron chi connectivity index (χ0n) is 14.3. The fraction of sp³-hybridized carbons (Fsp3) is 0.600. The molecule has 1 aliphatic rings. The topological polar surface area (TPSA) is 91.3 Å². The number of alkyl halides is 5. The average molecular weight is 436 g/mol. The molecule has 13 heteroatoms. The number of methoxy groups -OCH3 is 1. The lowest BCUT2D eigenvalue weighted by Gasteiger charge is -2.43. The van der Waals surface area contributed by atoms with Crippen LogP contribution < -0.4 is 0 Å². The molecule has 2 rings (SSSR count). The Morgan fingerprint density at radius 3 is 2.36 bits per heavy atom. The summed E-state index contributed by atoms with van der Waals surface area (Å²) in [6.45, 7) is -0.955.